The topological polar surface area (TPSA) is 37.5 Å². The Morgan fingerprint density at radius 2 is 1.57 bits per heavy atom. The van der Waals surface area contributed by atoms with Gasteiger partial charge in [0.15, 0.2) is 23.0 Å². The molecule has 6 rings (SSSR count). The molecule has 0 amide bonds. The number of ether oxygens (including phenoxy) is 2. The minimum absolute atomic E-state index is 0.795. The van der Waals surface area contributed by atoms with Gasteiger partial charge in [0.05, 0.1) is 22.3 Å². The number of benzene rings is 3. The second kappa shape index (κ2) is 5.42. The molecule has 0 atom stereocenters. The van der Waals surface area contributed by atoms with Crippen LogP contribution in [0.2, 0.25) is 0 Å². The van der Waals surface area contributed by atoms with Crippen molar-refractivity contribution in [3.05, 3.63) is 71.9 Å². The molecule has 136 valence electrons. The molecule has 0 saturated heterocycles. The Morgan fingerprint density at radius 1 is 0.893 bits per heavy atom. The number of fused-ring (bicyclic) bond motifs is 6. The van der Waals surface area contributed by atoms with Crippen molar-refractivity contribution in [3.63, 3.8) is 0 Å². The van der Waals surface area contributed by atoms with Crippen LogP contribution in [0.15, 0.2) is 60.7 Å². The second-order valence-electron chi connectivity index (χ2n) is 7.11. The van der Waals surface area contributed by atoms with Gasteiger partial charge in [-0.05, 0) is 38.1 Å². The number of para-hydroxylation sites is 4. The van der Waals surface area contributed by atoms with E-state index in [1.165, 1.54) is 0 Å². The number of aromatic amines is 1. The molecule has 0 fully saturated rings. The molecule has 4 heteroatoms. The third kappa shape index (κ3) is 1.89. The van der Waals surface area contributed by atoms with Crippen molar-refractivity contribution in [1.82, 2.24) is 4.98 Å². The summed E-state index contributed by atoms with van der Waals surface area (Å²) in [5, 5.41) is 1.08. The average Bonchev–Trinajstić information content (AvgIpc) is 3.03. The monoisotopic (exact) mass is 366 g/mol. The molecular formula is C24H18N2O2. The number of nitrogens with one attached hydrogen (secondary N) is 1. The standard InChI is InChI=1S/C24H18N2O2/c1-3-8-15-14(2)25-16-13-21-23-24(22(15)16)28-20-12-7-5-10-18(20)26(23)17-9-4-6-11-19(17)27-21/h3-13,25H,1-2H3/b8-3-. The molecule has 0 bridgehead atoms. The van der Waals surface area contributed by atoms with Crippen molar-refractivity contribution in [2.24, 2.45) is 0 Å². The molecule has 1 N–H and O–H groups in total. The molecule has 4 nitrogen and oxygen atoms in total. The summed E-state index contributed by atoms with van der Waals surface area (Å²) in [5.41, 5.74) is 6.26. The summed E-state index contributed by atoms with van der Waals surface area (Å²) in [7, 11) is 0. The van der Waals surface area contributed by atoms with E-state index in [-0.39, 0.29) is 0 Å². The van der Waals surface area contributed by atoms with Gasteiger partial charge in [0.25, 0.3) is 0 Å². The van der Waals surface area contributed by atoms with Crippen LogP contribution in [0.3, 0.4) is 0 Å². The number of anilines is 3. The molecule has 0 spiro atoms. The highest BCUT2D eigenvalue weighted by molar-refractivity contribution is 6.06. The maximum atomic E-state index is 6.48. The van der Waals surface area contributed by atoms with Crippen LogP contribution in [0.4, 0.5) is 17.1 Å². The average molecular weight is 366 g/mol. The molecular weight excluding hydrogens is 348 g/mol. The van der Waals surface area contributed by atoms with E-state index in [9.17, 15) is 0 Å². The number of hydrogen-bond donors (Lipinski definition) is 1. The molecule has 0 radical (unpaired) electrons. The third-order valence-electron chi connectivity index (χ3n) is 5.42. The third-order valence-corrected chi connectivity index (χ3v) is 5.42. The summed E-state index contributed by atoms with van der Waals surface area (Å²) in [5.74, 6) is 3.31. The summed E-state index contributed by atoms with van der Waals surface area (Å²) in [6.07, 6.45) is 4.19. The maximum absolute atomic E-state index is 6.48. The highest BCUT2D eigenvalue weighted by Crippen LogP contribution is 2.61. The van der Waals surface area contributed by atoms with E-state index in [4.69, 9.17) is 9.47 Å². The van der Waals surface area contributed by atoms with Gasteiger partial charge in [-0.1, -0.05) is 36.4 Å². The SMILES string of the molecule is C/C=C\c1c(C)[nH]c2cc3c4c(c12)Oc1ccccc1N4c1ccccc1O3. The van der Waals surface area contributed by atoms with Crippen LogP contribution in [0.1, 0.15) is 18.2 Å². The Balaban J connectivity index is 1.76. The second-order valence-corrected chi connectivity index (χ2v) is 7.11. The van der Waals surface area contributed by atoms with Crippen LogP contribution in [0, 0.1) is 6.92 Å². The van der Waals surface area contributed by atoms with Crippen LogP contribution >= 0.6 is 0 Å². The largest absolute Gasteiger partial charge is 0.453 e. The fourth-order valence-corrected chi connectivity index (χ4v) is 4.27. The lowest BCUT2D eigenvalue weighted by Crippen LogP contribution is -2.20. The first-order chi connectivity index (χ1) is 13.8. The minimum Gasteiger partial charge on any atom is -0.453 e. The number of H-pyrrole nitrogens is 1. The van der Waals surface area contributed by atoms with Crippen LogP contribution in [0.5, 0.6) is 23.0 Å². The van der Waals surface area contributed by atoms with Crippen molar-refractivity contribution < 1.29 is 9.47 Å². The summed E-state index contributed by atoms with van der Waals surface area (Å²) >= 11 is 0. The van der Waals surface area contributed by atoms with E-state index < -0.39 is 0 Å². The molecule has 1 aromatic heterocycles. The first-order valence-corrected chi connectivity index (χ1v) is 9.42. The van der Waals surface area contributed by atoms with Gasteiger partial charge >= 0.3 is 0 Å². The fraction of sp³-hybridized carbons (Fsp3) is 0.0833. The Morgan fingerprint density at radius 3 is 2.29 bits per heavy atom. The zero-order chi connectivity index (χ0) is 18.8. The molecule has 3 heterocycles. The first-order valence-electron chi connectivity index (χ1n) is 9.42. The van der Waals surface area contributed by atoms with E-state index in [0.29, 0.717) is 0 Å². The Bertz CT molecular complexity index is 1290. The van der Waals surface area contributed by atoms with Crippen LogP contribution in [-0.4, -0.2) is 4.98 Å². The molecule has 0 saturated carbocycles. The van der Waals surface area contributed by atoms with Gasteiger partial charge in [-0.2, -0.15) is 0 Å². The van der Waals surface area contributed by atoms with E-state index >= 15 is 0 Å². The summed E-state index contributed by atoms with van der Waals surface area (Å²) in [6.45, 7) is 4.12. The normalized spacial score (nSPS) is 13.7. The molecule has 2 aliphatic heterocycles. The smallest absolute Gasteiger partial charge is 0.165 e. The zero-order valence-corrected chi connectivity index (χ0v) is 15.6. The predicted octanol–water partition coefficient (Wildman–Crippen LogP) is 7.19. The molecule has 0 unspecified atom stereocenters. The van der Waals surface area contributed by atoms with E-state index in [0.717, 1.165) is 62.2 Å². The number of rotatable bonds is 1. The van der Waals surface area contributed by atoms with Crippen molar-refractivity contribution in [3.8, 4) is 23.0 Å². The van der Waals surface area contributed by atoms with Crippen molar-refractivity contribution in [1.29, 1.82) is 0 Å². The Hall–Kier alpha value is -3.66. The highest BCUT2D eigenvalue weighted by Gasteiger charge is 2.36. The van der Waals surface area contributed by atoms with Gasteiger partial charge < -0.3 is 14.5 Å². The summed E-state index contributed by atoms with van der Waals surface area (Å²) in [4.78, 5) is 5.75. The van der Waals surface area contributed by atoms with Crippen molar-refractivity contribution in [2.45, 2.75) is 13.8 Å². The van der Waals surface area contributed by atoms with Gasteiger partial charge in [-0.15, -0.1) is 0 Å². The lowest BCUT2D eigenvalue weighted by atomic mass is 10.0. The van der Waals surface area contributed by atoms with Crippen LogP contribution in [-0.2, 0) is 0 Å². The maximum Gasteiger partial charge on any atom is 0.165 e. The van der Waals surface area contributed by atoms with Crippen LogP contribution in [0.25, 0.3) is 17.0 Å². The lowest BCUT2D eigenvalue weighted by molar-refractivity contribution is 0.450. The van der Waals surface area contributed by atoms with Crippen molar-refractivity contribution >= 4 is 34.0 Å². The Labute approximate surface area is 162 Å². The van der Waals surface area contributed by atoms with E-state index in [1.807, 2.05) is 43.3 Å². The van der Waals surface area contributed by atoms with Gasteiger partial charge in [0.2, 0.25) is 0 Å². The number of aryl methyl sites for hydroxylation is 1. The van der Waals surface area contributed by atoms with E-state index in [1.54, 1.807) is 0 Å². The summed E-state index contributed by atoms with van der Waals surface area (Å²) < 4.78 is 12.8. The Kier molecular flexibility index (Phi) is 2.98. The highest BCUT2D eigenvalue weighted by atomic mass is 16.5. The van der Waals surface area contributed by atoms with Gasteiger partial charge in [-0.25, -0.2) is 0 Å². The number of aromatic nitrogens is 1. The summed E-state index contributed by atoms with van der Waals surface area (Å²) in [6, 6.07) is 18.4. The van der Waals surface area contributed by atoms with Crippen molar-refractivity contribution in [2.75, 3.05) is 4.90 Å². The van der Waals surface area contributed by atoms with Crippen LogP contribution < -0.4 is 14.4 Å². The lowest BCUT2D eigenvalue weighted by Gasteiger charge is -2.38. The van der Waals surface area contributed by atoms with Gasteiger partial charge in [0, 0.05) is 17.3 Å². The minimum atomic E-state index is 0.795. The zero-order valence-electron chi connectivity index (χ0n) is 15.6. The number of allylic oxidation sites excluding steroid dienone is 1. The van der Waals surface area contributed by atoms with Gasteiger partial charge in [0.1, 0.15) is 5.69 Å². The molecule has 2 aliphatic rings. The molecule has 0 aliphatic carbocycles. The molecule has 28 heavy (non-hydrogen) atoms. The molecule has 4 aromatic rings. The first kappa shape index (κ1) is 15.4. The predicted molar refractivity (Wildman–Crippen MR) is 113 cm³/mol. The molecule has 3 aromatic carbocycles. The fourth-order valence-electron chi connectivity index (χ4n) is 4.27. The van der Waals surface area contributed by atoms with Gasteiger partial charge in [-0.3, -0.25) is 4.90 Å². The van der Waals surface area contributed by atoms with E-state index in [2.05, 4.69) is 47.2 Å². The number of nitrogens with zero attached hydrogens (tertiary/aromatic N) is 1. The quantitative estimate of drug-likeness (QED) is 0.334. The number of hydrogen-bond acceptors (Lipinski definition) is 3.